The molecule has 126 valence electrons. The van der Waals surface area contributed by atoms with Crippen LogP contribution in [0.5, 0.6) is 5.88 Å². The maximum atomic E-state index is 10.6. The summed E-state index contributed by atoms with van der Waals surface area (Å²) in [6, 6.07) is 2.13. The third-order valence-electron chi connectivity index (χ3n) is 5.83. The Morgan fingerprint density at radius 2 is 1.91 bits per heavy atom. The van der Waals surface area contributed by atoms with Gasteiger partial charge >= 0.3 is 0 Å². The molecule has 1 saturated carbocycles. The molecule has 0 spiro atoms. The minimum atomic E-state index is -0.180. The van der Waals surface area contributed by atoms with Crippen LogP contribution in [-0.4, -0.2) is 65.4 Å². The smallest absolute Gasteiger partial charge is 0.228 e. The largest absolute Gasteiger partial charge is 0.481 e. The lowest BCUT2D eigenvalue weighted by Gasteiger charge is -2.40. The second kappa shape index (κ2) is 6.24. The first-order valence-corrected chi connectivity index (χ1v) is 8.78. The monoisotopic (exact) mass is 318 g/mol. The lowest BCUT2D eigenvalue weighted by molar-refractivity contribution is -0.000854. The van der Waals surface area contributed by atoms with Crippen molar-refractivity contribution in [1.29, 1.82) is 0 Å². The first-order chi connectivity index (χ1) is 11.2. The third-order valence-corrected chi connectivity index (χ3v) is 5.83. The van der Waals surface area contributed by atoms with E-state index in [2.05, 4.69) is 19.8 Å². The van der Waals surface area contributed by atoms with Crippen LogP contribution < -0.4 is 9.64 Å². The van der Waals surface area contributed by atoms with Crippen molar-refractivity contribution in [2.75, 3.05) is 38.2 Å². The highest BCUT2D eigenvalue weighted by Crippen LogP contribution is 2.40. The van der Waals surface area contributed by atoms with E-state index in [1.165, 1.54) is 12.8 Å². The van der Waals surface area contributed by atoms with Gasteiger partial charge in [-0.3, -0.25) is 4.90 Å². The molecular formula is C17H26N4O2. The summed E-state index contributed by atoms with van der Waals surface area (Å²) in [6.45, 7) is 4.25. The van der Waals surface area contributed by atoms with Crippen LogP contribution in [0.25, 0.3) is 0 Å². The predicted octanol–water partition coefficient (Wildman–Crippen LogP) is 1.16. The molecule has 0 aromatic carbocycles. The number of nitrogens with zero attached hydrogens (tertiary/aromatic N) is 4. The number of ether oxygens (including phenoxy) is 1. The van der Waals surface area contributed by atoms with E-state index >= 15 is 0 Å². The van der Waals surface area contributed by atoms with Crippen LogP contribution in [0.2, 0.25) is 0 Å². The van der Waals surface area contributed by atoms with Gasteiger partial charge in [-0.1, -0.05) is 0 Å². The Morgan fingerprint density at radius 3 is 2.65 bits per heavy atom. The van der Waals surface area contributed by atoms with Gasteiger partial charge in [0.25, 0.3) is 0 Å². The SMILES string of the molecule is COc1ccnc(N2C[C@H]3C[C@@H](N4CCCC4)[C@H](O)C[C@H]3C2)n1. The van der Waals surface area contributed by atoms with Gasteiger partial charge in [-0.15, -0.1) is 0 Å². The summed E-state index contributed by atoms with van der Waals surface area (Å²) in [6.07, 6.45) is 6.15. The molecule has 2 aliphatic heterocycles. The van der Waals surface area contributed by atoms with E-state index in [1.54, 1.807) is 19.4 Å². The fourth-order valence-electron chi connectivity index (χ4n) is 4.63. The standard InChI is InChI=1S/C17H26N4O2/c1-23-16-4-5-18-17(19-16)21-10-12-8-14(20-6-2-3-7-20)15(22)9-13(12)11-21/h4-5,12-15,22H,2-3,6-11H2,1H3/t12-,13+,14-,15-/m1/s1. The van der Waals surface area contributed by atoms with E-state index < -0.39 is 0 Å². The highest BCUT2D eigenvalue weighted by atomic mass is 16.5. The maximum Gasteiger partial charge on any atom is 0.228 e. The average Bonchev–Trinajstić information content (AvgIpc) is 3.23. The van der Waals surface area contributed by atoms with Crippen molar-refractivity contribution < 1.29 is 9.84 Å². The van der Waals surface area contributed by atoms with Gasteiger partial charge in [0, 0.05) is 31.4 Å². The molecule has 6 nitrogen and oxygen atoms in total. The van der Waals surface area contributed by atoms with E-state index in [9.17, 15) is 5.11 Å². The summed E-state index contributed by atoms with van der Waals surface area (Å²) >= 11 is 0. The molecule has 6 heteroatoms. The van der Waals surface area contributed by atoms with Crippen molar-refractivity contribution in [3.8, 4) is 5.88 Å². The molecule has 0 unspecified atom stereocenters. The van der Waals surface area contributed by atoms with E-state index in [4.69, 9.17) is 4.74 Å². The molecule has 3 fully saturated rings. The number of aliphatic hydroxyl groups is 1. The molecule has 4 rings (SSSR count). The molecule has 2 saturated heterocycles. The van der Waals surface area contributed by atoms with Gasteiger partial charge in [0.05, 0.1) is 13.2 Å². The van der Waals surface area contributed by atoms with Gasteiger partial charge in [0.1, 0.15) is 0 Å². The van der Waals surface area contributed by atoms with Crippen molar-refractivity contribution >= 4 is 5.95 Å². The number of hydrogen-bond acceptors (Lipinski definition) is 6. The number of rotatable bonds is 3. The quantitative estimate of drug-likeness (QED) is 0.902. The van der Waals surface area contributed by atoms with Gasteiger partial charge in [-0.05, 0) is 50.6 Å². The van der Waals surface area contributed by atoms with Gasteiger partial charge in [-0.2, -0.15) is 4.98 Å². The van der Waals surface area contributed by atoms with Crippen LogP contribution in [0, 0.1) is 11.8 Å². The van der Waals surface area contributed by atoms with Crippen molar-refractivity contribution in [3.63, 3.8) is 0 Å². The maximum absolute atomic E-state index is 10.6. The Balaban J connectivity index is 1.46. The fraction of sp³-hybridized carbons (Fsp3) is 0.765. The lowest BCUT2D eigenvalue weighted by Crippen LogP contribution is -2.48. The number of methoxy groups -OCH3 is 1. The number of hydrogen-bond donors (Lipinski definition) is 1. The minimum absolute atomic E-state index is 0.180. The van der Waals surface area contributed by atoms with Crippen LogP contribution in [0.4, 0.5) is 5.95 Å². The van der Waals surface area contributed by atoms with Crippen molar-refractivity contribution in [1.82, 2.24) is 14.9 Å². The van der Waals surface area contributed by atoms with E-state index in [-0.39, 0.29) is 6.10 Å². The van der Waals surface area contributed by atoms with E-state index in [1.807, 2.05) is 0 Å². The first-order valence-electron chi connectivity index (χ1n) is 8.78. The van der Waals surface area contributed by atoms with Crippen LogP contribution in [0.3, 0.4) is 0 Å². The summed E-state index contributed by atoms with van der Waals surface area (Å²) in [5.41, 5.74) is 0. The molecule has 0 amide bonds. The van der Waals surface area contributed by atoms with Gasteiger partial charge in [0.15, 0.2) is 0 Å². The zero-order chi connectivity index (χ0) is 15.8. The Morgan fingerprint density at radius 1 is 1.17 bits per heavy atom. The molecule has 1 aromatic heterocycles. The highest BCUT2D eigenvalue weighted by molar-refractivity contribution is 5.34. The molecular weight excluding hydrogens is 292 g/mol. The molecule has 1 aromatic rings. The summed E-state index contributed by atoms with van der Waals surface area (Å²) in [4.78, 5) is 13.6. The predicted molar refractivity (Wildman–Crippen MR) is 87.6 cm³/mol. The van der Waals surface area contributed by atoms with Crippen molar-refractivity contribution in [3.05, 3.63) is 12.3 Å². The topological polar surface area (TPSA) is 61.7 Å². The Labute approximate surface area is 137 Å². The second-order valence-electron chi connectivity index (χ2n) is 7.17. The molecule has 23 heavy (non-hydrogen) atoms. The molecule has 1 N–H and O–H groups in total. The second-order valence-corrected chi connectivity index (χ2v) is 7.17. The van der Waals surface area contributed by atoms with Crippen molar-refractivity contribution in [2.24, 2.45) is 11.8 Å². The number of aromatic nitrogens is 2. The minimum Gasteiger partial charge on any atom is -0.481 e. The number of aliphatic hydroxyl groups excluding tert-OH is 1. The molecule has 4 atom stereocenters. The van der Waals surface area contributed by atoms with Crippen LogP contribution in [0.1, 0.15) is 25.7 Å². The number of anilines is 1. The summed E-state index contributed by atoms with van der Waals surface area (Å²) < 4.78 is 5.21. The Hall–Kier alpha value is -1.40. The normalized spacial score (nSPS) is 34.6. The Kier molecular flexibility index (Phi) is 4.11. The zero-order valence-corrected chi connectivity index (χ0v) is 13.8. The summed E-state index contributed by atoms with van der Waals surface area (Å²) in [7, 11) is 1.63. The van der Waals surface area contributed by atoms with E-state index in [0.29, 0.717) is 23.8 Å². The number of fused-ring (bicyclic) bond motifs is 1. The van der Waals surface area contributed by atoms with Gasteiger partial charge in [0.2, 0.25) is 11.8 Å². The van der Waals surface area contributed by atoms with Gasteiger partial charge < -0.3 is 14.7 Å². The summed E-state index contributed by atoms with van der Waals surface area (Å²) in [5, 5.41) is 10.6. The van der Waals surface area contributed by atoms with Crippen LogP contribution in [0.15, 0.2) is 12.3 Å². The molecule has 3 aliphatic rings. The number of likely N-dealkylation sites (tertiary alicyclic amines) is 1. The van der Waals surface area contributed by atoms with Crippen LogP contribution in [-0.2, 0) is 0 Å². The zero-order valence-electron chi connectivity index (χ0n) is 13.8. The fourth-order valence-corrected chi connectivity index (χ4v) is 4.63. The van der Waals surface area contributed by atoms with Crippen LogP contribution >= 0.6 is 0 Å². The average molecular weight is 318 g/mol. The third kappa shape index (κ3) is 2.90. The first kappa shape index (κ1) is 15.1. The van der Waals surface area contributed by atoms with E-state index in [0.717, 1.165) is 45.0 Å². The van der Waals surface area contributed by atoms with Crippen molar-refractivity contribution in [2.45, 2.75) is 37.8 Å². The Bertz CT molecular complexity index is 549. The molecule has 0 radical (unpaired) electrons. The molecule has 3 heterocycles. The highest BCUT2D eigenvalue weighted by Gasteiger charge is 2.44. The summed E-state index contributed by atoms with van der Waals surface area (Å²) in [5.74, 6) is 2.56. The molecule has 1 aliphatic carbocycles. The lowest BCUT2D eigenvalue weighted by atomic mass is 9.77. The van der Waals surface area contributed by atoms with Gasteiger partial charge in [-0.25, -0.2) is 4.98 Å². The molecule has 0 bridgehead atoms.